The predicted octanol–water partition coefficient (Wildman–Crippen LogP) is 1.95. The van der Waals surface area contributed by atoms with Crippen LogP contribution in [-0.4, -0.2) is 37.0 Å². The first-order valence-electron chi connectivity index (χ1n) is 6.29. The van der Waals surface area contributed by atoms with Crippen LogP contribution in [0.4, 0.5) is 0 Å². The predicted molar refractivity (Wildman–Crippen MR) is 77.7 cm³/mol. The molecule has 0 radical (unpaired) electrons. The maximum absolute atomic E-state index is 11.8. The van der Waals surface area contributed by atoms with Gasteiger partial charge in [0.15, 0.2) is 10.7 Å². The lowest BCUT2D eigenvalue weighted by atomic mass is 10.3. The van der Waals surface area contributed by atoms with Gasteiger partial charge >= 0.3 is 5.97 Å². The molecule has 0 unspecified atom stereocenters. The van der Waals surface area contributed by atoms with Gasteiger partial charge in [-0.05, 0) is 6.92 Å². The fraction of sp³-hybridized carbons (Fsp3) is 0.333. The van der Waals surface area contributed by atoms with Crippen LogP contribution >= 0.6 is 22.9 Å². The van der Waals surface area contributed by atoms with Crippen LogP contribution < -0.4 is 0 Å². The van der Waals surface area contributed by atoms with E-state index < -0.39 is 5.97 Å². The third-order valence-corrected chi connectivity index (χ3v) is 3.91. The van der Waals surface area contributed by atoms with Gasteiger partial charge in [-0.1, -0.05) is 5.21 Å². The number of esters is 1. The first kappa shape index (κ1) is 14.0. The highest BCUT2D eigenvalue weighted by Gasteiger charge is 2.20. The summed E-state index contributed by atoms with van der Waals surface area (Å²) >= 11 is 7.47. The molecule has 0 fully saturated rings. The van der Waals surface area contributed by atoms with Crippen LogP contribution in [-0.2, 0) is 17.2 Å². The van der Waals surface area contributed by atoms with Crippen LogP contribution in [0.3, 0.4) is 0 Å². The minimum Gasteiger partial charge on any atom is -0.461 e. The minimum absolute atomic E-state index is 0.128. The normalized spacial score (nSPS) is 11.1. The van der Waals surface area contributed by atoms with Crippen molar-refractivity contribution in [3.05, 3.63) is 34.9 Å². The van der Waals surface area contributed by atoms with Gasteiger partial charge in [0.1, 0.15) is 0 Å². The van der Waals surface area contributed by atoms with Crippen LogP contribution in [0.1, 0.15) is 28.8 Å². The van der Waals surface area contributed by atoms with Crippen molar-refractivity contribution in [1.82, 2.24) is 24.4 Å². The van der Waals surface area contributed by atoms with Crippen molar-refractivity contribution in [2.24, 2.45) is 0 Å². The second-order valence-electron chi connectivity index (χ2n) is 4.22. The average Bonchev–Trinajstić information content (AvgIpc) is 3.13. The van der Waals surface area contributed by atoms with Crippen molar-refractivity contribution in [1.29, 1.82) is 0 Å². The smallest absolute Gasteiger partial charge is 0.360 e. The lowest BCUT2D eigenvalue weighted by molar-refractivity contribution is 0.0518. The Hall–Kier alpha value is -1.93. The molecule has 0 atom stereocenters. The van der Waals surface area contributed by atoms with Gasteiger partial charge in [-0.3, -0.25) is 4.40 Å². The van der Waals surface area contributed by atoms with E-state index in [-0.39, 0.29) is 18.2 Å². The number of aromatic nitrogens is 5. The molecule has 0 amide bonds. The summed E-state index contributed by atoms with van der Waals surface area (Å²) in [5.41, 5.74) is 1.52. The number of nitrogens with zero attached hydrogens (tertiary/aromatic N) is 5. The molecule has 0 aliphatic heterocycles. The molecule has 9 heteroatoms. The van der Waals surface area contributed by atoms with E-state index in [0.717, 1.165) is 10.7 Å². The zero-order valence-electron chi connectivity index (χ0n) is 11.2. The summed E-state index contributed by atoms with van der Waals surface area (Å²) in [7, 11) is 0. The van der Waals surface area contributed by atoms with E-state index in [0.29, 0.717) is 12.2 Å². The molecule has 0 bridgehead atoms. The second kappa shape index (κ2) is 5.82. The summed E-state index contributed by atoms with van der Waals surface area (Å²) in [5, 5.41) is 9.80. The molecule has 0 N–H and O–H groups in total. The number of rotatable bonds is 5. The van der Waals surface area contributed by atoms with Gasteiger partial charge in [-0.15, -0.1) is 28.0 Å². The maximum atomic E-state index is 11.8. The quantitative estimate of drug-likeness (QED) is 0.529. The van der Waals surface area contributed by atoms with Crippen LogP contribution in [0.2, 0.25) is 0 Å². The largest absolute Gasteiger partial charge is 0.461 e. The topological polar surface area (TPSA) is 74.3 Å². The first-order chi connectivity index (χ1) is 10.2. The molecule has 110 valence electrons. The highest BCUT2D eigenvalue weighted by molar-refractivity contribution is 7.15. The molecule has 3 rings (SSSR count). The second-order valence-corrected chi connectivity index (χ2v) is 5.36. The van der Waals surface area contributed by atoms with Gasteiger partial charge in [0.05, 0.1) is 30.4 Å². The molecule has 0 aliphatic carbocycles. The number of imidazole rings is 1. The van der Waals surface area contributed by atoms with Crippen LogP contribution in [0.25, 0.3) is 4.96 Å². The van der Waals surface area contributed by atoms with Crippen molar-refractivity contribution in [2.75, 3.05) is 6.61 Å². The van der Waals surface area contributed by atoms with E-state index >= 15 is 0 Å². The molecule has 3 aromatic rings. The Balaban J connectivity index is 1.88. The summed E-state index contributed by atoms with van der Waals surface area (Å²) in [6.07, 6.45) is 3.85. The minimum atomic E-state index is -0.509. The average molecular weight is 326 g/mol. The zero-order chi connectivity index (χ0) is 14.8. The third-order valence-electron chi connectivity index (χ3n) is 2.89. The van der Waals surface area contributed by atoms with Gasteiger partial charge in [-0.2, -0.15) is 0 Å². The van der Waals surface area contributed by atoms with Crippen LogP contribution in [0, 0.1) is 0 Å². The molecular formula is C12H12ClN5O2S. The molecule has 21 heavy (non-hydrogen) atoms. The molecular weight excluding hydrogens is 314 g/mol. The molecule has 3 heterocycles. The summed E-state index contributed by atoms with van der Waals surface area (Å²) < 4.78 is 8.45. The van der Waals surface area contributed by atoms with Gasteiger partial charge in [0.25, 0.3) is 0 Å². The summed E-state index contributed by atoms with van der Waals surface area (Å²) in [6, 6.07) is 0. The Kier molecular flexibility index (Phi) is 3.89. The van der Waals surface area contributed by atoms with Crippen molar-refractivity contribution >= 4 is 33.9 Å². The van der Waals surface area contributed by atoms with Crippen molar-refractivity contribution in [2.45, 2.75) is 19.3 Å². The van der Waals surface area contributed by atoms with Gasteiger partial charge < -0.3 is 4.74 Å². The molecule has 7 nitrogen and oxygen atoms in total. The maximum Gasteiger partial charge on any atom is 0.360 e. The molecule has 3 aromatic heterocycles. The van der Waals surface area contributed by atoms with Crippen LogP contribution in [0.5, 0.6) is 0 Å². The van der Waals surface area contributed by atoms with Gasteiger partial charge in [0, 0.05) is 17.8 Å². The third kappa shape index (κ3) is 2.64. The van der Waals surface area contributed by atoms with Crippen LogP contribution in [0.15, 0.2) is 17.8 Å². The Labute approximate surface area is 129 Å². The number of alkyl halides is 1. The summed E-state index contributed by atoms with van der Waals surface area (Å²) in [6.45, 7) is 2.42. The highest BCUT2D eigenvalue weighted by atomic mass is 35.5. The first-order valence-corrected chi connectivity index (χ1v) is 7.71. The molecule has 0 spiro atoms. The fourth-order valence-corrected chi connectivity index (χ4v) is 2.94. The van der Waals surface area contributed by atoms with E-state index in [4.69, 9.17) is 16.3 Å². The number of halogens is 1. The van der Waals surface area contributed by atoms with Crippen molar-refractivity contribution in [3.63, 3.8) is 0 Å². The number of hydrogen-bond donors (Lipinski definition) is 0. The number of fused-ring (bicyclic) bond motifs is 1. The van der Waals surface area contributed by atoms with E-state index in [1.165, 1.54) is 0 Å². The highest BCUT2D eigenvalue weighted by Crippen LogP contribution is 2.15. The van der Waals surface area contributed by atoms with E-state index in [1.807, 2.05) is 22.2 Å². The molecule has 0 saturated heterocycles. The van der Waals surface area contributed by atoms with Crippen molar-refractivity contribution in [3.8, 4) is 0 Å². The Bertz CT molecular complexity index is 749. The number of carbonyl (C=O) groups excluding carboxylic acids is 1. The molecule has 0 saturated carbocycles. The Morgan fingerprint density at radius 3 is 3.10 bits per heavy atom. The Morgan fingerprint density at radius 2 is 2.38 bits per heavy atom. The molecule has 0 aliphatic rings. The lowest BCUT2D eigenvalue weighted by Crippen LogP contribution is -2.10. The fourth-order valence-electron chi connectivity index (χ4n) is 1.96. The number of hydrogen-bond acceptors (Lipinski definition) is 6. The van der Waals surface area contributed by atoms with Gasteiger partial charge in [-0.25, -0.2) is 14.5 Å². The summed E-state index contributed by atoms with van der Waals surface area (Å²) in [4.78, 5) is 17.1. The van der Waals surface area contributed by atoms with E-state index in [2.05, 4.69) is 15.3 Å². The van der Waals surface area contributed by atoms with E-state index in [9.17, 15) is 4.79 Å². The SMILES string of the molecule is CCOC(=O)c1nnn(Cc2cn3ccsc3n2)c1CCl. The Morgan fingerprint density at radius 1 is 1.52 bits per heavy atom. The van der Waals surface area contributed by atoms with E-state index in [1.54, 1.807) is 22.9 Å². The van der Waals surface area contributed by atoms with Crippen molar-refractivity contribution < 1.29 is 9.53 Å². The monoisotopic (exact) mass is 325 g/mol. The zero-order valence-corrected chi connectivity index (χ0v) is 12.8. The number of ether oxygens (including phenoxy) is 1. The standard InChI is InChI=1S/C12H12ClN5O2S/c1-2-20-11(19)10-9(5-13)18(16-15-10)7-8-6-17-3-4-21-12(17)14-8/h3-4,6H,2,5,7H2,1H3. The number of carbonyl (C=O) groups is 1. The molecule has 0 aromatic carbocycles. The lowest BCUT2D eigenvalue weighted by Gasteiger charge is -2.03. The summed E-state index contributed by atoms with van der Waals surface area (Å²) in [5.74, 6) is -0.381. The number of thiazole rings is 1. The van der Waals surface area contributed by atoms with Gasteiger partial charge in [0.2, 0.25) is 0 Å².